The molecule has 1 unspecified atom stereocenters. The number of Topliss-reactive ketones (excluding diaryl/α,β-unsaturated/α-hetero) is 1. The van der Waals surface area contributed by atoms with Crippen LogP contribution >= 0.6 is 0 Å². The van der Waals surface area contributed by atoms with Gasteiger partial charge in [0, 0.05) is 12.3 Å². The highest BCUT2D eigenvalue weighted by atomic mass is 16.3. The van der Waals surface area contributed by atoms with Crippen molar-refractivity contribution in [3.05, 3.63) is 0 Å². The van der Waals surface area contributed by atoms with E-state index in [0.29, 0.717) is 17.6 Å². The van der Waals surface area contributed by atoms with Crippen LogP contribution in [-0.4, -0.2) is 27.2 Å². The van der Waals surface area contributed by atoms with Crippen LogP contribution in [0.5, 0.6) is 0 Å². The van der Waals surface area contributed by atoms with Crippen LogP contribution in [0.3, 0.4) is 0 Å². The number of hydrogen-bond acceptors (Lipinski definition) is 3. The van der Waals surface area contributed by atoms with Gasteiger partial charge in [0.25, 0.3) is 0 Å². The summed E-state index contributed by atoms with van der Waals surface area (Å²) in [5, 5.41) is 20.1. The predicted molar refractivity (Wildman–Crippen MR) is 107 cm³/mol. The molecule has 2 saturated carbocycles. The Morgan fingerprint density at radius 1 is 1.04 bits per heavy atom. The summed E-state index contributed by atoms with van der Waals surface area (Å²) in [4.78, 5) is 12.5. The van der Waals surface area contributed by atoms with Gasteiger partial charge in [-0.3, -0.25) is 4.79 Å². The second kappa shape index (κ2) is 8.31. The molecule has 0 aromatic rings. The Labute approximate surface area is 161 Å². The van der Waals surface area contributed by atoms with E-state index in [1.165, 1.54) is 12.8 Å². The molecule has 2 aliphatic carbocycles. The minimum absolute atomic E-state index is 0.184. The lowest BCUT2D eigenvalue weighted by atomic mass is 9.61. The van der Waals surface area contributed by atoms with Crippen LogP contribution in [0.1, 0.15) is 105 Å². The third kappa shape index (κ3) is 5.79. The van der Waals surface area contributed by atoms with Gasteiger partial charge in [0.2, 0.25) is 0 Å². The quantitative estimate of drug-likeness (QED) is 0.584. The Morgan fingerprint density at radius 3 is 2.08 bits per heavy atom. The summed E-state index contributed by atoms with van der Waals surface area (Å²) in [6, 6.07) is 0. The molecule has 2 rings (SSSR count). The lowest BCUT2D eigenvalue weighted by Crippen LogP contribution is -2.40. The van der Waals surface area contributed by atoms with Gasteiger partial charge < -0.3 is 10.2 Å². The van der Waals surface area contributed by atoms with Crippen molar-refractivity contribution in [2.45, 2.75) is 116 Å². The van der Waals surface area contributed by atoms with Crippen molar-refractivity contribution in [3.8, 4) is 0 Å². The molecule has 2 fully saturated rings. The first kappa shape index (κ1) is 21.9. The van der Waals surface area contributed by atoms with Crippen LogP contribution in [0.4, 0.5) is 0 Å². The highest BCUT2D eigenvalue weighted by Gasteiger charge is 2.52. The van der Waals surface area contributed by atoms with Gasteiger partial charge in [-0.2, -0.15) is 0 Å². The van der Waals surface area contributed by atoms with Gasteiger partial charge in [-0.1, -0.05) is 32.6 Å². The van der Waals surface area contributed by atoms with E-state index < -0.39 is 11.2 Å². The van der Waals surface area contributed by atoms with Crippen LogP contribution in [0, 0.1) is 23.2 Å². The molecule has 0 heterocycles. The summed E-state index contributed by atoms with van der Waals surface area (Å²) in [5.74, 6) is 2.03. The highest BCUT2D eigenvalue weighted by Crippen LogP contribution is 2.58. The van der Waals surface area contributed by atoms with Crippen LogP contribution in [0.15, 0.2) is 0 Å². The van der Waals surface area contributed by atoms with Gasteiger partial charge in [0.1, 0.15) is 5.78 Å². The van der Waals surface area contributed by atoms with Crippen molar-refractivity contribution in [1.29, 1.82) is 0 Å². The molecule has 0 bridgehead atoms. The predicted octanol–water partition coefficient (Wildman–Crippen LogP) is 5.27. The zero-order chi connectivity index (χ0) is 19.6. The molecular weight excluding hydrogens is 324 g/mol. The maximum Gasteiger partial charge on any atom is 0.136 e. The number of ketones is 1. The zero-order valence-corrected chi connectivity index (χ0v) is 17.8. The largest absolute Gasteiger partial charge is 0.390 e. The fourth-order valence-corrected chi connectivity index (χ4v) is 5.88. The Balaban J connectivity index is 2.05. The minimum Gasteiger partial charge on any atom is -0.390 e. The van der Waals surface area contributed by atoms with Crippen LogP contribution in [-0.2, 0) is 4.79 Å². The molecule has 3 nitrogen and oxygen atoms in total. The number of hydrogen-bond donors (Lipinski definition) is 2. The fourth-order valence-electron chi connectivity index (χ4n) is 5.88. The van der Waals surface area contributed by atoms with Crippen LogP contribution < -0.4 is 0 Å². The van der Waals surface area contributed by atoms with Crippen molar-refractivity contribution >= 4 is 5.78 Å². The van der Waals surface area contributed by atoms with Gasteiger partial charge in [-0.15, -0.1) is 0 Å². The third-order valence-electron chi connectivity index (χ3n) is 7.23. The summed E-state index contributed by atoms with van der Waals surface area (Å²) >= 11 is 0. The maximum absolute atomic E-state index is 12.5. The Kier molecular flexibility index (Phi) is 6.99. The maximum atomic E-state index is 12.5. The third-order valence-corrected chi connectivity index (χ3v) is 7.23. The van der Waals surface area contributed by atoms with Crippen molar-refractivity contribution in [3.63, 3.8) is 0 Å². The van der Waals surface area contributed by atoms with E-state index in [9.17, 15) is 15.0 Å². The minimum atomic E-state index is -0.597. The standard InChI is InChI=1S/C23H42O3/c1-21(2,25)14-6-9-17(10-7-15-22(3,4)26)18-12-13-19-20(24)11-8-16-23(18,19)5/h17-19,25-26H,6-16H2,1-5H3/t18-,19?,23-/m1/s1. The molecule has 0 spiro atoms. The summed E-state index contributed by atoms with van der Waals surface area (Å²) in [6.45, 7) is 9.95. The molecule has 3 heteroatoms. The Bertz CT molecular complexity index is 451. The van der Waals surface area contributed by atoms with Gasteiger partial charge >= 0.3 is 0 Å². The second-order valence-electron chi connectivity index (χ2n) is 10.7. The number of carbonyl (C=O) groups excluding carboxylic acids is 1. The van der Waals surface area contributed by atoms with Crippen LogP contribution in [0.2, 0.25) is 0 Å². The molecule has 0 aromatic heterocycles. The van der Waals surface area contributed by atoms with Crippen molar-refractivity contribution in [1.82, 2.24) is 0 Å². The Hall–Kier alpha value is -0.410. The van der Waals surface area contributed by atoms with E-state index in [1.807, 2.05) is 27.7 Å². The second-order valence-corrected chi connectivity index (χ2v) is 10.7. The Morgan fingerprint density at radius 2 is 1.58 bits per heavy atom. The normalized spacial score (nSPS) is 30.1. The number of aliphatic hydroxyl groups is 2. The summed E-state index contributed by atoms with van der Waals surface area (Å²) < 4.78 is 0. The molecule has 0 aliphatic heterocycles. The molecule has 0 saturated heterocycles. The monoisotopic (exact) mass is 366 g/mol. The molecule has 3 atom stereocenters. The fraction of sp³-hybridized carbons (Fsp3) is 0.957. The zero-order valence-electron chi connectivity index (χ0n) is 17.8. The van der Waals surface area contributed by atoms with Gasteiger partial charge in [-0.25, -0.2) is 0 Å². The van der Waals surface area contributed by atoms with Gasteiger partial charge in [-0.05, 0) is 83.5 Å². The number of fused-ring (bicyclic) bond motifs is 1. The first-order valence-corrected chi connectivity index (χ1v) is 10.9. The SMILES string of the molecule is CC(C)(O)CCCC(CCCC(C)(C)O)[C@H]1CCC2C(=O)CCC[C@@]21C. The van der Waals surface area contributed by atoms with E-state index >= 15 is 0 Å². The van der Waals surface area contributed by atoms with E-state index in [0.717, 1.165) is 57.8 Å². The lowest BCUT2D eigenvalue weighted by Gasteiger charge is -2.43. The van der Waals surface area contributed by atoms with Crippen molar-refractivity contribution < 1.29 is 15.0 Å². The average Bonchev–Trinajstić information content (AvgIpc) is 2.81. The number of rotatable bonds is 9. The molecule has 0 aromatic carbocycles. The molecule has 152 valence electrons. The van der Waals surface area contributed by atoms with Gasteiger partial charge in [0.05, 0.1) is 11.2 Å². The van der Waals surface area contributed by atoms with E-state index in [2.05, 4.69) is 6.92 Å². The van der Waals surface area contributed by atoms with E-state index in [1.54, 1.807) is 0 Å². The smallest absolute Gasteiger partial charge is 0.136 e. The molecule has 2 N–H and O–H groups in total. The average molecular weight is 367 g/mol. The highest BCUT2D eigenvalue weighted by molar-refractivity contribution is 5.83. The van der Waals surface area contributed by atoms with Gasteiger partial charge in [0.15, 0.2) is 0 Å². The van der Waals surface area contributed by atoms with Crippen molar-refractivity contribution in [2.75, 3.05) is 0 Å². The summed E-state index contributed by atoms with van der Waals surface area (Å²) in [5.41, 5.74) is -1.01. The molecule has 0 amide bonds. The molecule has 2 aliphatic rings. The van der Waals surface area contributed by atoms with E-state index in [-0.39, 0.29) is 11.3 Å². The van der Waals surface area contributed by atoms with E-state index in [4.69, 9.17) is 0 Å². The van der Waals surface area contributed by atoms with Crippen LogP contribution in [0.25, 0.3) is 0 Å². The molecule has 26 heavy (non-hydrogen) atoms. The first-order valence-electron chi connectivity index (χ1n) is 10.9. The molecule has 0 radical (unpaired) electrons. The number of carbonyl (C=O) groups is 1. The first-order chi connectivity index (χ1) is 11.9. The molecular formula is C23H42O3. The lowest BCUT2D eigenvalue weighted by molar-refractivity contribution is -0.130. The van der Waals surface area contributed by atoms with Crippen molar-refractivity contribution in [2.24, 2.45) is 23.2 Å². The summed E-state index contributed by atoms with van der Waals surface area (Å²) in [7, 11) is 0. The summed E-state index contributed by atoms with van der Waals surface area (Å²) in [6.07, 6.45) is 11.3. The topological polar surface area (TPSA) is 57.5 Å².